The van der Waals surface area contributed by atoms with E-state index in [1.165, 1.54) is 0 Å². The van der Waals surface area contributed by atoms with Gasteiger partial charge in [-0.1, -0.05) is 13.5 Å². The molecule has 0 spiro atoms. The summed E-state index contributed by atoms with van der Waals surface area (Å²) in [6.45, 7) is 4.89. The molecule has 0 bridgehead atoms. The standard InChI is InChI=1S/C7H11NO3/c1-3-5(7(10)11)8-6(9)4-2/h4-5H,2-3H2,1H3,(H,8,9)(H,10,11). The average Bonchev–Trinajstić information content (AvgIpc) is 1.99. The van der Waals surface area contributed by atoms with Crippen LogP contribution in [0.2, 0.25) is 0 Å². The Balaban J connectivity index is 3.97. The van der Waals surface area contributed by atoms with E-state index < -0.39 is 17.9 Å². The van der Waals surface area contributed by atoms with Crippen molar-refractivity contribution in [2.45, 2.75) is 19.4 Å². The summed E-state index contributed by atoms with van der Waals surface area (Å²) in [6.07, 6.45) is 1.42. The molecule has 4 heteroatoms. The van der Waals surface area contributed by atoms with E-state index in [0.717, 1.165) is 6.08 Å². The lowest BCUT2D eigenvalue weighted by Crippen LogP contribution is -2.39. The molecule has 0 rings (SSSR count). The smallest absolute Gasteiger partial charge is 0.326 e. The fraction of sp³-hybridized carbons (Fsp3) is 0.429. The predicted molar refractivity (Wildman–Crippen MR) is 40.1 cm³/mol. The van der Waals surface area contributed by atoms with Crippen molar-refractivity contribution in [2.75, 3.05) is 0 Å². The summed E-state index contributed by atoms with van der Waals surface area (Å²) in [5.41, 5.74) is 0. The number of carbonyl (C=O) groups is 2. The Morgan fingerprint density at radius 3 is 2.55 bits per heavy atom. The minimum Gasteiger partial charge on any atom is -0.480 e. The van der Waals surface area contributed by atoms with Gasteiger partial charge in [-0.3, -0.25) is 4.79 Å². The molecular weight excluding hydrogens is 146 g/mol. The van der Waals surface area contributed by atoms with Gasteiger partial charge in [-0.15, -0.1) is 0 Å². The summed E-state index contributed by atoms with van der Waals surface area (Å²) in [6, 6.07) is -0.805. The lowest BCUT2D eigenvalue weighted by molar-refractivity contribution is -0.141. The zero-order chi connectivity index (χ0) is 8.85. The van der Waals surface area contributed by atoms with Gasteiger partial charge in [0.05, 0.1) is 0 Å². The van der Waals surface area contributed by atoms with Crippen LogP contribution in [0.3, 0.4) is 0 Å². The number of hydrogen-bond donors (Lipinski definition) is 2. The van der Waals surface area contributed by atoms with E-state index in [9.17, 15) is 9.59 Å². The number of carbonyl (C=O) groups excluding carboxylic acids is 1. The maximum absolute atomic E-state index is 10.6. The van der Waals surface area contributed by atoms with Gasteiger partial charge in [0, 0.05) is 0 Å². The van der Waals surface area contributed by atoms with Gasteiger partial charge in [0.15, 0.2) is 0 Å². The van der Waals surface area contributed by atoms with Gasteiger partial charge in [0.25, 0.3) is 0 Å². The molecule has 4 nitrogen and oxygen atoms in total. The van der Waals surface area contributed by atoms with Gasteiger partial charge in [-0.2, -0.15) is 0 Å². The highest BCUT2D eigenvalue weighted by Gasteiger charge is 2.15. The molecule has 11 heavy (non-hydrogen) atoms. The zero-order valence-electron chi connectivity index (χ0n) is 6.33. The van der Waals surface area contributed by atoms with Crippen molar-refractivity contribution in [3.05, 3.63) is 12.7 Å². The van der Waals surface area contributed by atoms with Crippen molar-refractivity contribution < 1.29 is 14.7 Å². The van der Waals surface area contributed by atoms with Crippen molar-refractivity contribution >= 4 is 11.9 Å². The largest absolute Gasteiger partial charge is 0.480 e. The summed E-state index contributed by atoms with van der Waals surface area (Å²) < 4.78 is 0. The van der Waals surface area contributed by atoms with E-state index in [1.54, 1.807) is 6.92 Å². The topological polar surface area (TPSA) is 66.4 Å². The molecule has 1 amide bonds. The highest BCUT2D eigenvalue weighted by molar-refractivity contribution is 5.90. The van der Waals surface area contributed by atoms with Crippen LogP contribution < -0.4 is 5.32 Å². The lowest BCUT2D eigenvalue weighted by Gasteiger charge is -2.09. The second-order valence-corrected chi connectivity index (χ2v) is 2.01. The van der Waals surface area contributed by atoms with E-state index in [1.807, 2.05) is 0 Å². The van der Waals surface area contributed by atoms with Crippen molar-refractivity contribution in [1.29, 1.82) is 0 Å². The van der Waals surface area contributed by atoms with Gasteiger partial charge < -0.3 is 10.4 Å². The summed E-state index contributed by atoms with van der Waals surface area (Å²) >= 11 is 0. The molecule has 1 atom stereocenters. The van der Waals surface area contributed by atoms with Crippen molar-refractivity contribution in [1.82, 2.24) is 5.32 Å². The van der Waals surface area contributed by atoms with Crippen LogP contribution in [0.1, 0.15) is 13.3 Å². The van der Waals surface area contributed by atoms with Crippen LogP contribution in [0.4, 0.5) is 0 Å². The Bertz CT molecular complexity index is 177. The quantitative estimate of drug-likeness (QED) is 0.571. The highest BCUT2D eigenvalue weighted by atomic mass is 16.4. The lowest BCUT2D eigenvalue weighted by atomic mass is 10.2. The van der Waals surface area contributed by atoms with E-state index in [4.69, 9.17) is 5.11 Å². The Kier molecular flexibility index (Phi) is 3.95. The van der Waals surface area contributed by atoms with Crippen LogP contribution >= 0.6 is 0 Å². The Hall–Kier alpha value is -1.32. The molecule has 1 unspecified atom stereocenters. The first-order valence-corrected chi connectivity index (χ1v) is 3.27. The van der Waals surface area contributed by atoms with Gasteiger partial charge in [-0.05, 0) is 12.5 Å². The number of rotatable bonds is 4. The van der Waals surface area contributed by atoms with E-state index in [0.29, 0.717) is 6.42 Å². The third-order valence-electron chi connectivity index (χ3n) is 1.21. The third kappa shape index (κ3) is 3.40. The molecule has 0 aromatic heterocycles. The molecule has 0 aliphatic rings. The SMILES string of the molecule is C=CC(=O)NC(CC)C(=O)O. The van der Waals surface area contributed by atoms with Crippen LogP contribution in [0, 0.1) is 0 Å². The summed E-state index contributed by atoms with van der Waals surface area (Å²) in [7, 11) is 0. The first-order valence-electron chi connectivity index (χ1n) is 3.27. The Labute approximate surface area is 64.9 Å². The number of carboxylic acid groups (broad SMARTS) is 1. The second-order valence-electron chi connectivity index (χ2n) is 2.01. The fourth-order valence-corrected chi connectivity index (χ4v) is 0.569. The van der Waals surface area contributed by atoms with Gasteiger partial charge in [0.2, 0.25) is 5.91 Å². The second kappa shape index (κ2) is 4.49. The maximum atomic E-state index is 10.6. The molecule has 0 saturated heterocycles. The van der Waals surface area contributed by atoms with E-state index >= 15 is 0 Å². The molecule has 0 fully saturated rings. The molecule has 0 aromatic carbocycles. The van der Waals surface area contributed by atoms with Crippen molar-refractivity contribution in [2.24, 2.45) is 0 Å². The van der Waals surface area contributed by atoms with E-state index in [-0.39, 0.29) is 0 Å². The molecule has 62 valence electrons. The van der Waals surface area contributed by atoms with Gasteiger partial charge >= 0.3 is 5.97 Å². The minimum atomic E-state index is -1.03. The number of nitrogens with one attached hydrogen (secondary N) is 1. The number of hydrogen-bond acceptors (Lipinski definition) is 2. The van der Waals surface area contributed by atoms with Crippen LogP contribution in [0.25, 0.3) is 0 Å². The Morgan fingerprint density at radius 2 is 2.27 bits per heavy atom. The fourth-order valence-electron chi connectivity index (χ4n) is 0.569. The monoisotopic (exact) mass is 157 g/mol. The molecule has 0 radical (unpaired) electrons. The molecular formula is C7H11NO3. The maximum Gasteiger partial charge on any atom is 0.326 e. The van der Waals surface area contributed by atoms with Crippen molar-refractivity contribution in [3.8, 4) is 0 Å². The van der Waals surface area contributed by atoms with Crippen LogP contribution in [-0.2, 0) is 9.59 Å². The molecule has 0 heterocycles. The molecule has 0 aliphatic carbocycles. The van der Waals surface area contributed by atoms with Crippen molar-refractivity contribution in [3.63, 3.8) is 0 Å². The molecule has 0 aromatic rings. The van der Waals surface area contributed by atoms with E-state index in [2.05, 4.69) is 11.9 Å². The van der Waals surface area contributed by atoms with Crippen LogP contribution in [0.5, 0.6) is 0 Å². The third-order valence-corrected chi connectivity index (χ3v) is 1.21. The normalized spacial score (nSPS) is 11.7. The summed E-state index contributed by atoms with van der Waals surface area (Å²) in [5, 5.41) is 10.7. The number of amides is 1. The highest BCUT2D eigenvalue weighted by Crippen LogP contribution is 1.90. The predicted octanol–water partition coefficient (Wildman–Crippen LogP) is 0.152. The Morgan fingerprint density at radius 1 is 1.73 bits per heavy atom. The first-order chi connectivity index (χ1) is 5.11. The molecule has 0 aliphatic heterocycles. The average molecular weight is 157 g/mol. The molecule has 0 saturated carbocycles. The zero-order valence-corrected chi connectivity index (χ0v) is 6.33. The van der Waals surface area contributed by atoms with Crippen LogP contribution in [0.15, 0.2) is 12.7 Å². The van der Waals surface area contributed by atoms with Gasteiger partial charge in [0.1, 0.15) is 6.04 Å². The number of carboxylic acids is 1. The molecule has 2 N–H and O–H groups in total. The van der Waals surface area contributed by atoms with Gasteiger partial charge in [-0.25, -0.2) is 4.79 Å². The first kappa shape index (κ1) is 9.68. The minimum absolute atomic E-state index is 0.370. The summed E-state index contributed by atoms with van der Waals surface area (Å²) in [4.78, 5) is 20.9. The number of aliphatic carboxylic acids is 1. The van der Waals surface area contributed by atoms with Crippen LogP contribution in [-0.4, -0.2) is 23.0 Å². The summed E-state index contributed by atoms with van der Waals surface area (Å²) in [5.74, 6) is -1.48.